The van der Waals surface area contributed by atoms with Crippen LogP contribution in [0.5, 0.6) is 0 Å². The Hall–Kier alpha value is -2.09. The summed E-state index contributed by atoms with van der Waals surface area (Å²) in [6.07, 6.45) is 0. The molecule has 0 bridgehead atoms. The first-order valence-electron chi connectivity index (χ1n) is 5.56. The van der Waals surface area contributed by atoms with Gasteiger partial charge >= 0.3 is 0 Å². The highest BCUT2D eigenvalue weighted by Gasteiger charge is 2.12. The maximum atomic E-state index is 11.5. The Bertz CT molecular complexity index is 556. The van der Waals surface area contributed by atoms with Crippen LogP contribution in [0.25, 0.3) is 11.1 Å². The minimum atomic E-state index is -0.376. The summed E-state index contributed by atoms with van der Waals surface area (Å²) in [5, 5.41) is 0. The van der Waals surface area contributed by atoms with Gasteiger partial charge in [-0.2, -0.15) is 0 Å². The fourth-order valence-corrected chi connectivity index (χ4v) is 1.97. The molecule has 86 valence electrons. The van der Waals surface area contributed by atoms with Crippen LogP contribution in [0.4, 0.5) is 0 Å². The topological polar surface area (TPSA) is 43.1 Å². The molecule has 0 atom stereocenters. The lowest BCUT2D eigenvalue weighted by Crippen LogP contribution is -2.14. The van der Waals surface area contributed by atoms with Crippen molar-refractivity contribution >= 4 is 5.91 Å². The van der Waals surface area contributed by atoms with Gasteiger partial charge in [0.2, 0.25) is 5.91 Å². The monoisotopic (exact) mass is 225 g/mol. The average Bonchev–Trinajstić information content (AvgIpc) is 2.29. The van der Waals surface area contributed by atoms with Gasteiger partial charge in [-0.15, -0.1) is 0 Å². The van der Waals surface area contributed by atoms with Crippen molar-refractivity contribution < 1.29 is 4.79 Å². The Labute approximate surface area is 101 Å². The quantitative estimate of drug-likeness (QED) is 0.838. The van der Waals surface area contributed by atoms with Crippen molar-refractivity contribution in [1.29, 1.82) is 0 Å². The number of carbonyl (C=O) groups excluding carboxylic acids is 1. The molecule has 2 rings (SSSR count). The maximum absolute atomic E-state index is 11.5. The summed E-state index contributed by atoms with van der Waals surface area (Å²) in [4.78, 5) is 11.5. The molecule has 0 unspecified atom stereocenters. The average molecular weight is 225 g/mol. The summed E-state index contributed by atoms with van der Waals surface area (Å²) in [6.45, 7) is 3.94. The molecule has 0 heterocycles. The van der Waals surface area contributed by atoms with E-state index in [-0.39, 0.29) is 5.91 Å². The van der Waals surface area contributed by atoms with Gasteiger partial charge in [-0.25, -0.2) is 0 Å². The van der Waals surface area contributed by atoms with E-state index < -0.39 is 0 Å². The first-order valence-corrected chi connectivity index (χ1v) is 5.56. The first kappa shape index (κ1) is 11.4. The molecule has 2 nitrogen and oxygen atoms in total. The summed E-state index contributed by atoms with van der Waals surface area (Å²) < 4.78 is 0. The largest absolute Gasteiger partial charge is 0.366 e. The van der Waals surface area contributed by atoms with E-state index in [1.807, 2.05) is 56.3 Å². The molecule has 0 saturated carbocycles. The van der Waals surface area contributed by atoms with E-state index in [0.717, 1.165) is 16.7 Å². The van der Waals surface area contributed by atoms with Crippen molar-refractivity contribution in [3.8, 4) is 11.1 Å². The normalized spacial score (nSPS) is 10.2. The van der Waals surface area contributed by atoms with Crippen molar-refractivity contribution in [2.75, 3.05) is 0 Å². The summed E-state index contributed by atoms with van der Waals surface area (Å²) in [6, 6.07) is 13.9. The van der Waals surface area contributed by atoms with Crippen LogP contribution < -0.4 is 5.73 Å². The van der Waals surface area contributed by atoms with Gasteiger partial charge in [0.25, 0.3) is 0 Å². The molecule has 0 saturated heterocycles. The summed E-state index contributed by atoms with van der Waals surface area (Å²) >= 11 is 0. The van der Waals surface area contributed by atoms with Gasteiger partial charge in [0.1, 0.15) is 0 Å². The highest BCUT2D eigenvalue weighted by atomic mass is 16.1. The van der Waals surface area contributed by atoms with Crippen LogP contribution in [0.1, 0.15) is 21.5 Å². The minimum absolute atomic E-state index is 0.376. The number of hydrogen-bond acceptors (Lipinski definition) is 1. The van der Waals surface area contributed by atoms with Crippen molar-refractivity contribution in [3.63, 3.8) is 0 Å². The Kier molecular flexibility index (Phi) is 2.96. The van der Waals surface area contributed by atoms with Gasteiger partial charge in [0.05, 0.1) is 0 Å². The lowest BCUT2D eigenvalue weighted by molar-refractivity contribution is 0.100. The Morgan fingerprint density at radius 2 is 1.65 bits per heavy atom. The molecular formula is C15H15NO. The van der Waals surface area contributed by atoms with Gasteiger partial charge < -0.3 is 5.73 Å². The number of primary amides is 1. The van der Waals surface area contributed by atoms with Crippen LogP contribution >= 0.6 is 0 Å². The Balaban J connectivity index is 2.63. The zero-order valence-electron chi connectivity index (χ0n) is 10.0. The second kappa shape index (κ2) is 4.42. The first-order chi connectivity index (χ1) is 8.09. The zero-order valence-corrected chi connectivity index (χ0v) is 10.0. The fourth-order valence-electron chi connectivity index (χ4n) is 1.97. The molecule has 17 heavy (non-hydrogen) atoms. The van der Waals surface area contributed by atoms with Crippen LogP contribution in [0.15, 0.2) is 42.5 Å². The SMILES string of the molecule is Cc1ccc(-c2cccc(C)c2C(N)=O)cc1. The van der Waals surface area contributed by atoms with E-state index in [0.29, 0.717) is 5.56 Å². The molecule has 2 heteroatoms. The molecule has 2 aromatic rings. The van der Waals surface area contributed by atoms with Crippen LogP contribution in [0.2, 0.25) is 0 Å². The molecule has 0 fully saturated rings. The molecule has 0 aliphatic carbocycles. The van der Waals surface area contributed by atoms with E-state index in [2.05, 4.69) is 0 Å². The molecule has 0 radical (unpaired) electrons. The van der Waals surface area contributed by atoms with Crippen molar-refractivity contribution in [2.45, 2.75) is 13.8 Å². The number of nitrogens with two attached hydrogens (primary N) is 1. The summed E-state index contributed by atoms with van der Waals surface area (Å²) in [5.41, 5.74) is 10.1. The van der Waals surface area contributed by atoms with E-state index >= 15 is 0 Å². The van der Waals surface area contributed by atoms with Gasteiger partial charge in [-0.1, -0.05) is 48.0 Å². The van der Waals surface area contributed by atoms with E-state index in [4.69, 9.17) is 5.73 Å². The van der Waals surface area contributed by atoms with Crippen molar-refractivity contribution in [2.24, 2.45) is 5.73 Å². The highest BCUT2D eigenvalue weighted by molar-refractivity contribution is 6.01. The van der Waals surface area contributed by atoms with Crippen molar-refractivity contribution in [3.05, 3.63) is 59.2 Å². The van der Waals surface area contributed by atoms with Gasteiger partial charge in [0, 0.05) is 5.56 Å². The number of carbonyl (C=O) groups is 1. The second-order valence-corrected chi connectivity index (χ2v) is 4.23. The molecule has 0 aliphatic heterocycles. The molecule has 2 aromatic carbocycles. The van der Waals surface area contributed by atoms with Crippen LogP contribution in [0, 0.1) is 13.8 Å². The van der Waals surface area contributed by atoms with Crippen LogP contribution in [0.3, 0.4) is 0 Å². The predicted molar refractivity (Wildman–Crippen MR) is 69.9 cm³/mol. The molecule has 0 aliphatic rings. The van der Waals surface area contributed by atoms with Crippen LogP contribution in [-0.2, 0) is 0 Å². The van der Waals surface area contributed by atoms with Gasteiger partial charge in [-0.05, 0) is 30.5 Å². The third-order valence-corrected chi connectivity index (χ3v) is 2.88. The minimum Gasteiger partial charge on any atom is -0.366 e. The standard InChI is InChI=1S/C15H15NO/c1-10-6-8-12(9-7-10)13-5-3-4-11(2)14(13)15(16)17/h3-9H,1-2H3,(H2,16,17). The van der Waals surface area contributed by atoms with E-state index in [9.17, 15) is 4.79 Å². The number of amides is 1. The maximum Gasteiger partial charge on any atom is 0.249 e. The molecule has 2 N–H and O–H groups in total. The number of hydrogen-bond donors (Lipinski definition) is 1. The summed E-state index contributed by atoms with van der Waals surface area (Å²) in [7, 11) is 0. The molecule has 0 spiro atoms. The number of rotatable bonds is 2. The van der Waals surface area contributed by atoms with Gasteiger partial charge in [-0.3, -0.25) is 4.79 Å². The zero-order chi connectivity index (χ0) is 12.4. The fraction of sp³-hybridized carbons (Fsp3) is 0.133. The second-order valence-electron chi connectivity index (χ2n) is 4.23. The summed E-state index contributed by atoms with van der Waals surface area (Å²) in [5.74, 6) is -0.376. The van der Waals surface area contributed by atoms with Crippen LogP contribution in [-0.4, -0.2) is 5.91 Å². The Morgan fingerprint density at radius 3 is 2.24 bits per heavy atom. The number of aryl methyl sites for hydroxylation is 2. The van der Waals surface area contributed by atoms with E-state index in [1.165, 1.54) is 5.56 Å². The third-order valence-electron chi connectivity index (χ3n) is 2.88. The van der Waals surface area contributed by atoms with Gasteiger partial charge in [0.15, 0.2) is 0 Å². The molecule has 1 amide bonds. The molecule has 0 aromatic heterocycles. The molecular weight excluding hydrogens is 210 g/mol. The lowest BCUT2D eigenvalue weighted by Gasteiger charge is -2.10. The third kappa shape index (κ3) is 2.21. The smallest absolute Gasteiger partial charge is 0.249 e. The predicted octanol–water partition coefficient (Wildman–Crippen LogP) is 3.07. The van der Waals surface area contributed by atoms with E-state index in [1.54, 1.807) is 0 Å². The highest BCUT2D eigenvalue weighted by Crippen LogP contribution is 2.26. The lowest BCUT2D eigenvalue weighted by atomic mass is 9.95. The number of benzene rings is 2. The Morgan fingerprint density at radius 1 is 1.00 bits per heavy atom. The van der Waals surface area contributed by atoms with Crippen molar-refractivity contribution in [1.82, 2.24) is 0 Å².